The number of esters is 1. The Hall–Kier alpha value is -1.45. The second-order valence-corrected chi connectivity index (χ2v) is 7.68. The first kappa shape index (κ1) is 17.4. The van der Waals surface area contributed by atoms with E-state index < -0.39 is 11.6 Å². The van der Waals surface area contributed by atoms with E-state index in [1.807, 2.05) is 0 Å². The third-order valence-electron chi connectivity index (χ3n) is 5.54. The molecule has 0 spiro atoms. The fourth-order valence-corrected chi connectivity index (χ4v) is 4.29. The standard InChI is InChI=1S/C20H26F2O2/c1-3-8-20(9-4-5-13(2)12-20)24-19(23)16-11-15(16)14-6-7-17(21)18(22)10-14/h6-7,10,13,15-16H,3-5,8-9,11-12H2,1-2H3/t13?,15-,16+,20?/m0/s1. The van der Waals surface area contributed by atoms with Crippen LogP contribution in [0.25, 0.3) is 0 Å². The maximum atomic E-state index is 13.4. The van der Waals surface area contributed by atoms with E-state index in [1.54, 1.807) is 6.07 Å². The van der Waals surface area contributed by atoms with Crippen LogP contribution in [-0.4, -0.2) is 11.6 Å². The lowest BCUT2D eigenvalue weighted by Gasteiger charge is -2.39. The number of ether oxygens (including phenoxy) is 1. The smallest absolute Gasteiger partial charge is 0.310 e. The largest absolute Gasteiger partial charge is 0.459 e. The first-order chi connectivity index (χ1) is 11.4. The molecule has 0 bridgehead atoms. The van der Waals surface area contributed by atoms with Crippen molar-refractivity contribution < 1.29 is 18.3 Å². The molecule has 4 atom stereocenters. The molecule has 2 nitrogen and oxygen atoms in total. The maximum absolute atomic E-state index is 13.4. The monoisotopic (exact) mass is 336 g/mol. The molecule has 0 aliphatic heterocycles. The summed E-state index contributed by atoms with van der Waals surface area (Å²) in [6, 6.07) is 3.91. The average Bonchev–Trinajstić information content (AvgIpc) is 3.31. The number of hydrogen-bond donors (Lipinski definition) is 0. The molecule has 4 heteroatoms. The molecule has 2 aliphatic rings. The lowest BCUT2D eigenvalue weighted by molar-refractivity contribution is -0.168. The van der Waals surface area contributed by atoms with Crippen molar-refractivity contribution in [1.82, 2.24) is 0 Å². The molecule has 24 heavy (non-hydrogen) atoms. The van der Waals surface area contributed by atoms with Crippen molar-refractivity contribution >= 4 is 5.97 Å². The summed E-state index contributed by atoms with van der Waals surface area (Å²) in [5.41, 5.74) is 0.377. The van der Waals surface area contributed by atoms with Gasteiger partial charge in [0.05, 0.1) is 5.92 Å². The Morgan fingerprint density at radius 3 is 2.79 bits per heavy atom. The van der Waals surface area contributed by atoms with E-state index in [4.69, 9.17) is 4.74 Å². The van der Waals surface area contributed by atoms with Crippen molar-refractivity contribution in [2.75, 3.05) is 0 Å². The first-order valence-corrected chi connectivity index (χ1v) is 9.12. The number of carbonyl (C=O) groups is 1. The van der Waals surface area contributed by atoms with Crippen molar-refractivity contribution in [3.8, 4) is 0 Å². The number of halogens is 2. The molecule has 0 amide bonds. The number of hydrogen-bond acceptors (Lipinski definition) is 2. The minimum atomic E-state index is -0.852. The summed E-state index contributed by atoms with van der Waals surface area (Å²) in [6.45, 7) is 4.34. The maximum Gasteiger partial charge on any atom is 0.310 e. The topological polar surface area (TPSA) is 26.3 Å². The minimum Gasteiger partial charge on any atom is -0.459 e. The SMILES string of the molecule is CCCC1(OC(=O)[C@@H]2C[C@H]2c2ccc(F)c(F)c2)CCCC(C)C1. The quantitative estimate of drug-likeness (QED) is 0.677. The molecule has 0 saturated heterocycles. The van der Waals surface area contributed by atoms with E-state index in [2.05, 4.69) is 13.8 Å². The van der Waals surface area contributed by atoms with Crippen LogP contribution in [0.15, 0.2) is 18.2 Å². The van der Waals surface area contributed by atoms with E-state index in [0.717, 1.165) is 38.2 Å². The van der Waals surface area contributed by atoms with E-state index in [1.165, 1.54) is 12.5 Å². The molecule has 2 aliphatic carbocycles. The van der Waals surface area contributed by atoms with Crippen LogP contribution in [0.2, 0.25) is 0 Å². The zero-order valence-corrected chi connectivity index (χ0v) is 14.5. The molecular formula is C20H26F2O2. The molecule has 2 saturated carbocycles. The van der Waals surface area contributed by atoms with Crippen LogP contribution in [0.1, 0.15) is 70.3 Å². The summed E-state index contributed by atoms with van der Waals surface area (Å²) >= 11 is 0. The Morgan fingerprint density at radius 2 is 2.12 bits per heavy atom. The van der Waals surface area contributed by atoms with Gasteiger partial charge in [0.1, 0.15) is 5.60 Å². The summed E-state index contributed by atoms with van der Waals surface area (Å²) in [5.74, 6) is -1.52. The molecule has 2 fully saturated rings. The zero-order valence-electron chi connectivity index (χ0n) is 14.5. The third-order valence-corrected chi connectivity index (χ3v) is 5.54. The molecule has 3 rings (SSSR count). The number of carbonyl (C=O) groups excluding carboxylic acids is 1. The van der Waals surface area contributed by atoms with Crippen molar-refractivity contribution in [2.24, 2.45) is 11.8 Å². The van der Waals surface area contributed by atoms with Crippen LogP contribution in [0.5, 0.6) is 0 Å². The molecule has 0 N–H and O–H groups in total. The lowest BCUT2D eigenvalue weighted by atomic mass is 9.76. The molecular weight excluding hydrogens is 310 g/mol. The van der Waals surface area contributed by atoms with E-state index >= 15 is 0 Å². The molecule has 0 radical (unpaired) electrons. The van der Waals surface area contributed by atoms with Gasteiger partial charge in [-0.25, -0.2) is 8.78 Å². The van der Waals surface area contributed by atoms with E-state index in [-0.39, 0.29) is 23.4 Å². The van der Waals surface area contributed by atoms with Crippen LogP contribution < -0.4 is 0 Å². The van der Waals surface area contributed by atoms with Gasteiger partial charge in [-0.05, 0) is 61.6 Å². The van der Waals surface area contributed by atoms with Gasteiger partial charge >= 0.3 is 5.97 Å². The van der Waals surface area contributed by atoms with Crippen molar-refractivity contribution in [3.63, 3.8) is 0 Å². The van der Waals surface area contributed by atoms with Gasteiger partial charge in [-0.15, -0.1) is 0 Å². The number of rotatable bonds is 5. The molecule has 132 valence electrons. The van der Waals surface area contributed by atoms with Crippen LogP contribution >= 0.6 is 0 Å². The summed E-state index contributed by atoms with van der Waals surface area (Å²) < 4.78 is 32.4. The van der Waals surface area contributed by atoms with Gasteiger partial charge in [0.2, 0.25) is 0 Å². The predicted molar refractivity (Wildman–Crippen MR) is 88.6 cm³/mol. The molecule has 1 aromatic rings. The summed E-state index contributed by atoms with van der Waals surface area (Å²) in [6.07, 6.45) is 6.76. The first-order valence-electron chi connectivity index (χ1n) is 9.12. The van der Waals surface area contributed by atoms with Gasteiger partial charge in [-0.1, -0.05) is 32.8 Å². The Labute approximate surface area is 142 Å². The predicted octanol–water partition coefficient (Wildman–Crippen LogP) is 5.36. The molecule has 0 aromatic heterocycles. The fourth-order valence-electron chi connectivity index (χ4n) is 4.29. The van der Waals surface area contributed by atoms with Crippen molar-refractivity contribution in [2.45, 2.75) is 70.3 Å². The van der Waals surface area contributed by atoms with Crippen LogP contribution in [0.4, 0.5) is 8.78 Å². The van der Waals surface area contributed by atoms with E-state index in [9.17, 15) is 13.6 Å². The normalized spacial score (nSPS) is 32.4. The molecule has 1 aromatic carbocycles. The van der Waals surface area contributed by atoms with Crippen LogP contribution in [0, 0.1) is 23.5 Å². The highest BCUT2D eigenvalue weighted by molar-refractivity contribution is 5.77. The van der Waals surface area contributed by atoms with Gasteiger partial charge in [0, 0.05) is 0 Å². The van der Waals surface area contributed by atoms with E-state index in [0.29, 0.717) is 17.9 Å². The Bertz CT molecular complexity index is 612. The number of benzene rings is 1. The highest BCUT2D eigenvalue weighted by Gasteiger charge is 2.48. The van der Waals surface area contributed by atoms with Crippen molar-refractivity contribution in [1.29, 1.82) is 0 Å². The highest BCUT2D eigenvalue weighted by Crippen LogP contribution is 2.50. The van der Waals surface area contributed by atoms with Crippen LogP contribution in [-0.2, 0) is 9.53 Å². The second kappa shape index (κ2) is 6.81. The summed E-state index contributed by atoms with van der Waals surface area (Å²) in [5, 5.41) is 0. The lowest BCUT2D eigenvalue weighted by Crippen LogP contribution is -2.40. The molecule has 0 heterocycles. The Morgan fingerprint density at radius 1 is 1.33 bits per heavy atom. The average molecular weight is 336 g/mol. The highest BCUT2D eigenvalue weighted by atomic mass is 19.2. The summed E-state index contributed by atoms with van der Waals surface area (Å²) in [4.78, 5) is 12.6. The minimum absolute atomic E-state index is 0.0349. The van der Waals surface area contributed by atoms with Gasteiger partial charge < -0.3 is 4.74 Å². The zero-order chi connectivity index (χ0) is 17.3. The Balaban J connectivity index is 1.65. The van der Waals surface area contributed by atoms with Gasteiger partial charge in [0.15, 0.2) is 11.6 Å². The fraction of sp³-hybridized carbons (Fsp3) is 0.650. The molecule has 2 unspecified atom stereocenters. The second-order valence-electron chi connectivity index (χ2n) is 7.68. The van der Waals surface area contributed by atoms with Gasteiger partial charge in [-0.3, -0.25) is 4.79 Å². The Kier molecular flexibility index (Phi) is 4.93. The van der Waals surface area contributed by atoms with Gasteiger partial charge in [-0.2, -0.15) is 0 Å². The van der Waals surface area contributed by atoms with Crippen LogP contribution in [0.3, 0.4) is 0 Å². The van der Waals surface area contributed by atoms with Gasteiger partial charge in [0.25, 0.3) is 0 Å². The summed E-state index contributed by atoms with van der Waals surface area (Å²) in [7, 11) is 0. The third kappa shape index (κ3) is 3.62. The van der Waals surface area contributed by atoms with Crippen molar-refractivity contribution in [3.05, 3.63) is 35.4 Å².